The summed E-state index contributed by atoms with van der Waals surface area (Å²) >= 11 is 5.35. The topological polar surface area (TPSA) is 102 Å². The lowest BCUT2D eigenvalue weighted by Gasteiger charge is -2.17. The highest BCUT2D eigenvalue weighted by Gasteiger charge is 2.30. The van der Waals surface area contributed by atoms with Gasteiger partial charge in [0.15, 0.2) is 17.4 Å². The third-order valence-electron chi connectivity index (χ3n) is 4.50. The smallest absolute Gasteiger partial charge is 0.416 e. The molecular weight excluding hydrogens is 459 g/mol. The lowest BCUT2D eigenvalue weighted by atomic mass is 10.1. The number of pyridine rings is 1. The van der Waals surface area contributed by atoms with Crippen LogP contribution in [0.15, 0.2) is 73.1 Å². The maximum atomic E-state index is 13.3. The average Bonchev–Trinajstić information content (AvgIpc) is 2.79. The van der Waals surface area contributed by atoms with Crippen molar-refractivity contribution in [2.45, 2.75) is 12.8 Å². The minimum atomic E-state index is -4.57. The molecule has 1 heterocycles. The normalized spacial score (nSPS) is 12.1. The fourth-order valence-electron chi connectivity index (χ4n) is 2.96. The molecule has 0 aliphatic rings. The number of benzene rings is 2. The van der Waals surface area contributed by atoms with Crippen LogP contribution in [0.5, 0.6) is 0 Å². The summed E-state index contributed by atoms with van der Waals surface area (Å²) < 4.78 is 40.5. The summed E-state index contributed by atoms with van der Waals surface area (Å²) in [6.45, 7) is -0.340. The van der Waals surface area contributed by atoms with E-state index in [2.05, 4.69) is 5.32 Å². The van der Waals surface area contributed by atoms with Gasteiger partial charge in [-0.05, 0) is 35.6 Å². The Bertz CT molecular complexity index is 1250. The Balaban J connectivity index is 2.11. The number of thiocarbonyl (C=S) groups is 1. The van der Waals surface area contributed by atoms with E-state index in [9.17, 15) is 33.5 Å². The number of aromatic nitrogens is 1. The van der Waals surface area contributed by atoms with Gasteiger partial charge in [-0.15, -0.1) is 0 Å². The number of alkyl halides is 3. The van der Waals surface area contributed by atoms with Gasteiger partial charge in [0.05, 0.1) is 17.1 Å². The molecule has 2 aromatic carbocycles. The van der Waals surface area contributed by atoms with Crippen LogP contribution in [-0.4, -0.2) is 15.0 Å². The molecule has 11 heteroatoms. The van der Waals surface area contributed by atoms with E-state index in [1.54, 1.807) is 12.1 Å². The largest absolute Gasteiger partial charge is 0.867 e. The number of nitro groups is 1. The fraction of sp³-hybridized carbons (Fsp3) is 0.0909. The molecule has 0 saturated carbocycles. The van der Waals surface area contributed by atoms with Crippen LogP contribution in [-0.2, 0) is 12.8 Å². The maximum Gasteiger partial charge on any atom is 0.416 e. The highest BCUT2D eigenvalue weighted by atomic mass is 32.1. The number of hydrogen-bond acceptors (Lipinski definition) is 5. The Morgan fingerprint density at radius 2 is 1.85 bits per heavy atom. The van der Waals surface area contributed by atoms with E-state index in [1.807, 2.05) is 0 Å². The van der Waals surface area contributed by atoms with Gasteiger partial charge in [-0.3, -0.25) is 10.1 Å². The Hall–Kier alpha value is -3.83. The lowest BCUT2D eigenvalue weighted by Crippen LogP contribution is -2.40. The quantitative estimate of drug-likeness (QED) is 0.141. The van der Waals surface area contributed by atoms with Crippen LogP contribution in [0.4, 0.5) is 24.5 Å². The van der Waals surface area contributed by atoms with Crippen LogP contribution >= 0.6 is 12.2 Å². The number of anilines is 1. The highest BCUT2D eigenvalue weighted by molar-refractivity contribution is 7.81. The molecule has 1 aromatic heterocycles. The second kappa shape index (κ2) is 9.76. The monoisotopic (exact) mass is 475 g/mol. The molecule has 0 amide bonds. The summed E-state index contributed by atoms with van der Waals surface area (Å²) in [6, 6.07) is 12.4. The van der Waals surface area contributed by atoms with E-state index >= 15 is 0 Å². The molecule has 0 atom stereocenters. The van der Waals surface area contributed by atoms with Crippen LogP contribution < -0.4 is 15.0 Å². The molecule has 0 aliphatic heterocycles. The predicted molar refractivity (Wildman–Crippen MR) is 116 cm³/mol. The number of non-ortho nitro benzene ring substituents is 1. The third kappa shape index (κ3) is 5.70. The number of nitro benzene ring substituents is 1. The second-order valence-corrected chi connectivity index (χ2v) is 7.20. The molecule has 3 rings (SSSR count). The van der Waals surface area contributed by atoms with Crippen LogP contribution in [0.3, 0.4) is 0 Å². The van der Waals surface area contributed by atoms with Crippen molar-refractivity contribution in [3.8, 4) is 0 Å². The molecule has 0 aliphatic carbocycles. The first kappa shape index (κ1) is 23.8. The summed E-state index contributed by atoms with van der Waals surface area (Å²) in [7, 11) is 0. The Morgan fingerprint density at radius 1 is 1.12 bits per heavy atom. The SMILES string of the molecule is O=[N+]([O-])c1cccc(/C([O-])=C(/C(=S)Nc2cccc(C(F)(F)F)c2)[n+]2cccc(CO)c2)c1. The average molecular weight is 475 g/mol. The summed E-state index contributed by atoms with van der Waals surface area (Å²) in [6.07, 6.45) is -1.69. The first-order chi connectivity index (χ1) is 15.6. The Morgan fingerprint density at radius 3 is 2.52 bits per heavy atom. The standard InChI is InChI=1S/C22H16F3N3O4S/c23-22(24,25)16-6-2-7-17(11-16)26-21(33)19(27-9-3-4-14(12-27)13-29)20(30)15-5-1-8-18(10-15)28(31)32/h1-12,29H,13H2,(H-,26,30,33). The van der Waals surface area contributed by atoms with Gasteiger partial charge in [-0.2, -0.15) is 17.7 Å². The van der Waals surface area contributed by atoms with Crippen molar-refractivity contribution in [3.05, 3.63) is 99.9 Å². The van der Waals surface area contributed by atoms with Gasteiger partial charge in [-0.1, -0.05) is 30.4 Å². The van der Waals surface area contributed by atoms with Gasteiger partial charge >= 0.3 is 6.18 Å². The van der Waals surface area contributed by atoms with E-state index in [0.717, 1.165) is 18.2 Å². The molecule has 0 saturated heterocycles. The van der Waals surface area contributed by atoms with Gasteiger partial charge in [0.2, 0.25) is 5.70 Å². The molecule has 0 unspecified atom stereocenters. The minimum absolute atomic E-state index is 0.00178. The van der Waals surface area contributed by atoms with Crippen molar-refractivity contribution >= 4 is 40.0 Å². The molecule has 0 spiro atoms. The highest BCUT2D eigenvalue weighted by Crippen LogP contribution is 2.31. The van der Waals surface area contributed by atoms with Crippen LogP contribution in [0.25, 0.3) is 11.5 Å². The molecule has 33 heavy (non-hydrogen) atoms. The predicted octanol–water partition coefficient (Wildman–Crippen LogP) is 3.52. The van der Waals surface area contributed by atoms with Gasteiger partial charge in [0.1, 0.15) is 0 Å². The first-order valence-corrected chi connectivity index (χ1v) is 9.77. The molecule has 170 valence electrons. The van der Waals surface area contributed by atoms with Crippen LogP contribution in [0.1, 0.15) is 16.7 Å². The van der Waals surface area contributed by atoms with Gasteiger partial charge < -0.3 is 15.5 Å². The number of rotatable bonds is 6. The summed E-state index contributed by atoms with van der Waals surface area (Å²) in [5.41, 5.74) is -1.00. The molecule has 0 bridgehead atoms. The van der Waals surface area contributed by atoms with E-state index < -0.39 is 22.4 Å². The zero-order valence-electron chi connectivity index (χ0n) is 16.7. The molecule has 0 radical (unpaired) electrons. The van der Waals surface area contributed by atoms with Crippen LogP contribution in [0, 0.1) is 10.1 Å². The van der Waals surface area contributed by atoms with Crippen molar-refractivity contribution in [1.29, 1.82) is 0 Å². The first-order valence-electron chi connectivity index (χ1n) is 9.36. The number of aliphatic hydroxyl groups is 1. The molecule has 2 N–H and O–H groups in total. The number of nitrogens with zero attached hydrogens (tertiary/aromatic N) is 2. The Kier molecular flexibility index (Phi) is 7.04. The van der Waals surface area contributed by atoms with Gasteiger partial charge in [0, 0.05) is 29.4 Å². The van der Waals surface area contributed by atoms with Crippen molar-refractivity contribution in [2.75, 3.05) is 5.32 Å². The summed E-state index contributed by atoms with van der Waals surface area (Å²) in [5, 5.41) is 36.5. The maximum absolute atomic E-state index is 13.3. The second-order valence-electron chi connectivity index (χ2n) is 6.80. The zero-order chi connectivity index (χ0) is 24.2. The van der Waals surface area contributed by atoms with Crippen LogP contribution in [0.2, 0.25) is 0 Å². The van der Waals surface area contributed by atoms with Crippen molar-refractivity contribution in [2.24, 2.45) is 0 Å². The van der Waals surface area contributed by atoms with E-state index in [0.29, 0.717) is 5.56 Å². The molecular formula is C22H16F3N3O4S. The number of nitrogens with one attached hydrogen (secondary N) is 1. The number of halogens is 3. The van der Waals surface area contributed by atoms with E-state index in [1.165, 1.54) is 47.3 Å². The van der Waals surface area contributed by atoms with E-state index in [-0.39, 0.29) is 34.2 Å². The Labute approximate surface area is 191 Å². The third-order valence-corrected chi connectivity index (χ3v) is 4.80. The lowest BCUT2D eigenvalue weighted by molar-refractivity contribution is -0.578. The van der Waals surface area contributed by atoms with Crippen molar-refractivity contribution < 1.29 is 32.9 Å². The summed E-state index contributed by atoms with van der Waals surface area (Å²) in [4.78, 5) is 10.2. The molecule has 0 fully saturated rings. The molecule has 7 nitrogen and oxygen atoms in total. The number of aliphatic hydroxyl groups excluding tert-OH is 1. The summed E-state index contributed by atoms with van der Waals surface area (Å²) in [5.74, 6) is -0.705. The van der Waals surface area contributed by atoms with Gasteiger partial charge in [-0.25, -0.2) is 0 Å². The van der Waals surface area contributed by atoms with Crippen molar-refractivity contribution in [3.63, 3.8) is 0 Å². The van der Waals surface area contributed by atoms with Crippen molar-refractivity contribution in [1.82, 2.24) is 0 Å². The number of hydrogen-bond donors (Lipinski definition) is 2. The van der Waals surface area contributed by atoms with Gasteiger partial charge in [0.25, 0.3) is 5.69 Å². The minimum Gasteiger partial charge on any atom is -0.867 e. The van der Waals surface area contributed by atoms with E-state index in [4.69, 9.17) is 12.2 Å². The zero-order valence-corrected chi connectivity index (χ0v) is 17.6. The molecule has 3 aromatic rings. The fourth-order valence-corrected chi connectivity index (χ4v) is 3.27.